The Morgan fingerprint density at radius 3 is 2.48 bits per heavy atom. The van der Waals surface area contributed by atoms with E-state index in [1.54, 1.807) is 12.0 Å². The van der Waals surface area contributed by atoms with Gasteiger partial charge in [-0.2, -0.15) is 0 Å². The Bertz CT molecular complexity index is 1070. The van der Waals surface area contributed by atoms with Crippen molar-refractivity contribution >= 4 is 16.8 Å². The Kier molecular flexibility index (Phi) is 6.37. The molecule has 0 bridgehead atoms. The summed E-state index contributed by atoms with van der Waals surface area (Å²) >= 11 is 0. The van der Waals surface area contributed by atoms with Gasteiger partial charge < -0.3 is 14.6 Å². The summed E-state index contributed by atoms with van der Waals surface area (Å²) in [7, 11) is 1.64. The molecule has 1 N–H and O–H groups in total. The number of hydrogen-bond acceptors (Lipinski definition) is 3. The number of H-pyrrole nitrogens is 1. The molecule has 1 heterocycles. The van der Waals surface area contributed by atoms with E-state index < -0.39 is 0 Å². The molecule has 29 heavy (non-hydrogen) atoms. The van der Waals surface area contributed by atoms with E-state index >= 15 is 0 Å². The number of nitrogens with one attached hydrogen (secondary N) is 1. The number of rotatable bonds is 7. The molecule has 3 aromatic rings. The molecule has 0 spiro atoms. The second-order valence-electron chi connectivity index (χ2n) is 7.44. The molecule has 0 atom stereocenters. The summed E-state index contributed by atoms with van der Waals surface area (Å²) in [5.74, 6) is 0.849. The first-order chi connectivity index (χ1) is 13.9. The van der Waals surface area contributed by atoms with Gasteiger partial charge in [-0.1, -0.05) is 30.7 Å². The fourth-order valence-corrected chi connectivity index (χ4v) is 3.63. The lowest BCUT2D eigenvalue weighted by Gasteiger charge is -2.22. The lowest BCUT2D eigenvalue weighted by Crippen LogP contribution is -2.34. The van der Waals surface area contributed by atoms with E-state index in [-0.39, 0.29) is 11.5 Å². The summed E-state index contributed by atoms with van der Waals surface area (Å²) in [6.45, 7) is 6.75. The number of hydrogen-bond donors (Lipinski definition) is 1. The first-order valence-corrected chi connectivity index (χ1v) is 9.95. The van der Waals surface area contributed by atoms with Crippen LogP contribution in [0.2, 0.25) is 0 Å². The third-order valence-corrected chi connectivity index (χ3v) is 5.22. The van der Waals surface area contributed by atoms with E-state index in [1.165, 1.54) is 0 Å². The number of carbonyl (C=O) groups excluding carboxylic acids is 1. The Balaban J connectivity index is 1.83. The molecule has 5 heteroatoms. The van der Waals surface area contributed by atoms with Crippen LogP contribution in [0.15, 0.2) is 47.3 Å². The minimum absolute atomic E-state index is 0.0402. The van der Waals surface area contributed by atoms with Crippen molar-refractivity contribution in [2.24, 2.45) is 0 Å². The Hall–Kier alpha value is -3.08. The summed E-state index contributed by atoms with van der Waals surface area (Å²) in [5.41, 5.74) is 4.65. The van der Waals surface area contributed by atoms with Gasteiger partial charge in [0.2, 0.25) is 5.91 Å². The number of fused-ring (bicyclic) bond motifs is 1. The Labute approximate surface area is 171 Å². The van der Waals surface area contributed by atoms with Crippen LogP contribution in [0, 0.1) is 13.8 Å². The van der Waals surface area contributed by atoms with Gasteiger partial charge in [0.15, 0.2) is 0 Å². The van der Waals surface area contributed by atoms with E-state index in [2.05, 4.69) is 17.1 Å². The monoisotopic (exact) mass is 392 g/mol. The SMILES string of the molecule is CCC(=O)N(CCc1ccc(OC)cc1)Cc1cc2cc(C)cc(C)c2[nH]c1=O. The average molecular weight is 392 g/mol. The van der Waals surface area contributed by atoms with Gasteiger partial charge in [-0.05, 0) is 61.0 Å². The third kappa shape index (κ3) is 4.86. The molecule has 1 amide bonds. The number of aromatic nitrogens is 1. The number of aromatic amines is 1. The van der Waals surface area contributed by atoms with Crippen LogP contribution in [0.1, 0.15) is 35.6 Å². The van der Waals surface area contributed by atoms with E-state index in [0.29, 0.717) is 25.1 Å². The van der Waals surface area contributed by atoms with Gasteiger partial charge in [0, 0.05) is 18.5 Å². The lowest BCUT2D eigenvalue weighted by molar-refractivity contribution is -0.131. The molecule has 2 aromatic carbocycles. The molecule has 0 fully saturated rings. The van der Waals surface area contributed by atoms with Gasteiger partial charge in [-0.3, -0.25) is 9.59 Å². The normalized spacial score (nSPS) is 10.9. The zero-order chi connectivity index (χ0) is 21.0. The number of ether oxygens (including phenoxy) is 1. The van der Waals surface area contributed by atoms with E-state index in [9.17, 15) is 9.59 Å². The second-order valence-corrected chi connectivity index (χ2v) is 7.44. The van der Waals surface area contributed by atoms with Gasteiger partial charge >= 0.3 is 0 Å². The number of pyridine rings is 1. The van der Waals surface area contributed by atoms with Crippen molar-refractivity contribution < 1.29 is 9.53 Å². The highest BCUT2D eigenvalue weighted by atomic mass is 16.5. The quantitative estimate of drug-likeness (QED) is 0.657. The summed E-state index contributed by atoms with van der Waals surface area (Å²) < 4.78 is 5.19. The predicted molar refractivity (Wildman–Crippen MR) is 116 cm³/mol. The molecule has 3 rings (SSSR count). The van der Waals surface area contributed by atoms with Crippen LogP contribution in [0.5, 0.6) is 5.75 Å². The van der Waals surface area contributed by atoms with Crippen molar-refractivity contribution in [3.63, 3.8) is 0 Å². The third-order valence-electron chi connectivity index (χ3n) is 5.22. The topological polar surface area (TPSA) is 62.4 Å². The molecule has 0 aliphatic heterocycles. The Morgan fingerprint density at radius 2 is 1.83 bits per heavy atom. The largest absolute Gasteiger partial charge is 0.497 e. The summed E-state index contributed by atoms with van der Waals surface area (Å²) in [6.07, 6.45) is 1.13. The summed E-state index contributed by atoms with van der Waals surface area (Å²) in [4.78, 5) is 29.9. The van der Waals surface area contributed by atoms with Crippen LogP contribution in [0.4, 0.5) is 0 Å². The van der Waals surface area contributed by atoms with Crippen LogP contribution in [-0.4, -0.2) is 29.4 Å². The Morgan fingerprint density at radius 1 is 1.10 bits per heavy atom. The summed E-state index contributed by atoms with van der Waals surface area (Å²) in [6, 6.07) is 13.9. The molecule has 0 saturated carbocycles. The minimum atomic E-state index is -0.136. The van der Waals surface area contributed by atoms with Crippen LogP contribution >= 0.6 is 0 Å². The smallest absolute Gasteiger partial charge is 0.253 e. The number of amides is 1. The van der Waals surface area contributed by atoms with Crippen molar-refractivity contribution in [3.05, 3.63) is 75.1 Å². The average Bonchev–Trinajstić information content (AvgIpc) is 2.71. The number of carbonyl (C=O) groups is 1. The molecule has 0 unspecified atom stereocenters. The van der Waals surface area contributed by atoms with Crippen LogP contribution in [0.3, 0.4) is 0 Å². The highest BCUT2D eigenvalue weighted by molar-refractivity contribution is 5.83. The maximum Gasteiger partial charge on any atom is 0.253 e. The zero-order valence-electron chi connectivity index (χ0n) is 17.5. The molecule has 1 aromatic heterocycles. The van der Waals surface area contributed by atoms with Crippen molar-refractivity contribution in [3.8, 4) is 5.75 Å². The maximum atomic E-state index is 12.7. The first kappa shape index (κ1) is 20.6. The van der Waals surface area contributed by atoms with Crippen LogP contribution in [-0.2, 0) is 17.8 Å². The second kappa shape index (κ2) is 8.95. The van der Waals surface area contributed by atoms with E-state index in [4.69, 9.17) is 4.74 Å². The molecule has 152 valence electrons. The van der Waals surface area contributed by atoms with Gasteiger partial charge in [-0.25, -0.2) is 0 Å². The number of benzene rings is 2. The molecule has 0 saturated heterocycles. The number of nitrogens with zero attached hydrogens (tertiary/aromatic N) is 1. The van der Waals surface area contributed by atoms with Crippen molar-refractivity contribution in [2.45, 2.75) is 40.2 Å². The predicted octanol–water partition coefficient (Wildman–Crippen LogP) is 4.13. The molecule has 0 aliphatic carbocycles. The van der Waals surface area contributed by atoms with Crippen LogP contribution < -0.4 is 10.3 Å². The maximum absolute atomic E-state index is 12.7. The standard InChI is InChI=1S/C24H28N2O3/c1-5-22(27)26(11-10-18-6-8-21(29-4)9-7-18)15-20-14-19-13-16(2)12-17(3)23(19)25-24(20)28/h6-9,12-14H,5,10-11,15H2,1-4H3,(H,25,28). The van der Waals surface area contributed by atoms with Crippen molar-refractivity contribution in [1.29, 1.82) is 0 Å². The highest BCUT2D eigenvalue weighted by Gasteiger charge is 2.15. The van der Waals surface area contributed by atoms with Gasteiger partial charge in [-0.15, -0.1) is 0 Å². The van der Waals surface area contributed by atoms with Crippen molar-refractivity contribution in [1.82, 2.24) is 9.88 Å². The summed E-state index contributed by atoms with van der Waals surface area (Å²) in [5, 5.41) is 0.996. The molecular weight excluding hydrogens is 364 g/mol. The molecule has 0 radical (unpaired) electrons. The molecule has 0 aliphatic rings. The zero-order valence-corrected chi connectivity index (χ0v) is 17.5. The van der Waals surface area contributed by atoms with E-state index in [0.717, 1.165) is 39.8 Å². The fraction of sp³-hybridized carbons (Fsp3) is 0.333. The van der Waals surface area contributed by atoms with Gasteiger partial charge in [0.25, 0.3) is 5.56 Å². The van der Waals surface area contributed by atoms with Crippen molar-refractivity contribution in [2.75, 3.05) is 13.7 Å². The molecule has 5 nitrogen and oxygen atoms in total. The number of aryl methyl sites for hydroxylation is 2. The number of methoxy groups -OCH3 is 1. The van der Waals surface area contributed by atoms with Gasteiger partial charge in [0.05, 0.1) is 19.2 Å². The first-order valence-electron chi connectivity index (χ1n) is 9.95. The minimum Gasteiger partial charge on any atom is -0.497 e. The van der Waals surface area contributed by atoms with Gasteiger partial charge in [0.1, 0.15) is 5.75 Å². The lowest BCUT2D eigenvalue weighted by atomic mass is 10.0. The molecular formula is C24H28N2O3. The highest BCUT2D eigenvalue weighted by Crippen LogP contribution is 2.19. The fourth-order valence-electron chi connectivity index (χ4n) is 3.63. The van der Waals surface area contributed by atoms with E-state index in [1.807, 2.05) is 51.1 Å². The van der Waals surface area contributed by atoms with Crippen LogP contribution in [0.25, 0.3) is 10.9 Å².